The van der Waals surface area contributed by atoms with Gasteiger partial charge >= 0.3 is 0 Å². The summed E-state index contributed by atoms with van der Waals surface area (Å²) in [5.41, 5.74) is 1.12. The average molecular weight is 259 g/mol. The zero-order valence-electron chi connectivity index (χ0n) is 12.0. The van der Waals surface area contributed by atoms with Crippen molar-refractivity contribution in [3.8, 4) is 0 Å². The Labute approximate surface area is 114 Å². The quantitative estimate of drug-likeness (QED) is 0.825. The first-order valence-corrected chi connectivity index (χ1v) is 6.62. The minimum absolute atomic E-state index is 0.236. The lowest BCUT2D eigenvalue weighted by Gasteiger charge is -2.22. The molecule has 1 atom stereocenters. The highest BCUT2D eigenvalue weighted by molar-refractivity contribution is 5.08. The number of aromatic nitrogens is 2. The van der Waals surface area contributed by atoms with E-state index in [4.69, 9.17) is 4.42 Å². The predicted molar refractivity (Wildman–Crippen MR) is 74.7 cm³/mol. The second-order valence-electron chi connectivity index (χ2n) is 5.21. The van der Waals surface area contributed by atoms with Crippen molar-refractivity contribution in [1.29, 1.82) is 0 Å². The van der Waals surface area contributed by atoms with Crippen molar-refractivity contribution in [2.45, 2.75) is 39.3 Å². The molecule has 0 bridgehead atoms. The van der Waals surface area contributed by atoms with Crippen LogP contribution in [-0.4, -0.2) is 21.9 Å². The van der Waals surface area contributed by atoms with Gasteiger partial charge in [0.25, 0.3) is 0 Å². The molecule has 19 heavy (non-hydrogen) atoms. The molecule has 0 amide bonds. The highest BCUT2D eigenvalue weighted by atomic mass is 16.3. The van der Waals surface area contributed by atoms with E-state index in [-0.39, 0.29) is 6.04 Å². The second kappa shape index (κ2) is 5.97. The molecule has 0 spiro atoms. The van der Waals surface area contributed by atoms with Crippen LogP contribution >= 0.6 is 0 Å². The highest BCUT2D eigenvalue weighted by Crippen LogP contribution is 2.20. The summed E-state index contributed by atoms with van der Waals surface area (Å²) in [4.78, 5) is 11.0. The van der Waals surface area contributed by atoms with E-state index < -0.39 is 0 Å². The molecule has 2 rings (SSSR count). The molecule has 2 aromatic rings. The van der Waals surface area contributed by atoms with Crippen molar-refractivity contribution in [3.63, 3.8) is 0 Å². The zero-order chi connectivity index (χ0) is 13.8. The first-order chi connectivity index (χ1) is 9.08. The predicted octanol–water partition coefficient (Wildman–Crippen LogP) is 3.39. The molecule has 4 heteroatoms. The normalized spacial score (nSPS) is 13.2. The second-order valence-corrected chi connectivity index (χ2v) is 5.21. The third-order valence-corrected chi connectivity index (χ3v) is 3.29. The number of rotatable bonds is 5. The summed E-state index contributed by atoms with van der Waals surface area (Å²) in [5, 5.41) is 0. The van der Waals surface area contributed by atoms with Gasteiger partial charge in [-0.2, -0.15) is 0 Å². The van der Waals surface area contributed by atoms with Gasteiger partial charge in [-0.25, -0.2) is 9.97 Å². The van der Waals surface area contributed by atoms with Gasteiger partial charge in [-0.3, -0.25) is 4.90 Å². The molecule has 0 N–H and O–H groups in total. The van der Waals surface area contributed by atoms with Gasteiger partial charge in [-0.05, 0) is 26.1 Å². The van der Waals surface area contributed by atoms with Gasteiger partial charge in [0.05, 0.1) is 12.3 Å². The molecule has 0 fully saturated rings. The summed E-state index contributed by atoms with van der Waals surface area (Å²) in [6, 6.07) is 4.15. The Bertz CT molecular complexity index is 491. The minimum Gasteiger partial charge on any atom is -0.468 e. The van der Waals surface area contributed by atoms with E-state index in [9.17, 15) is 0 Å². The molecule has 2 aromatic heterocycles. The average Bonchev–Trinajstić information content (AvgIpc) is 2.92. The zero-order valence-corrected chi connectivity index (χ0v) is 12.0. The smallest absolute Gasteiger partial charge is 0.130 e. The van der Waals surface area contributed by atoms with Gasteiger partial charge in [0.2, 0.25) is 0 Å². The fraction of sp³-hybridized carbons (Fsp3) is 0.467. The monoisotopic (exact) mass is 259 g/mol. The first-order valence-electron chi connectivity index (χ1n) is 6.62. The van der Waals surface area contributed by atoms with Gasteiger partial charge in [-0.1, -0.05) is 13.8 Å². The maximum absolute atomic E-state index is 5.43. The number of furan rings is 1. The fourth-order valence-corrected chi connectivity index (χ4v) is 1.92. The molecule has 0 saturated heterocycles. The third kappa shape index (κ3) is 3.41. The van der Waals surface area contributed by atoms with Gasteiger partial charge in [0.1, 0.15) is 11.6 Å². The van der Waals surface area contributed by atoms with Crippen LogP contribution in [0.4, 0.5) is 0 Å². The summed E-state index contributed by atoms with van der Waals surface area (Å²) in [6.45, 7) is 7.13. The van der Waals surface area contributed by atoms with Gasteiger partial charge in [0.15, 0.2) is 0 Å². The number of hydrogen-bond acceptors (Lipinski definition) is 4. The third-order valence-electron chi connectivity index (χ3n) is 3.29. The molecular weight excluding hydrogens is 238 g/mol. The van der Waals surface area contributed by atoms with Crippen LogP contribution in [0.25, 0.3) is 0 Å². The van der Waals surface area contributed by atoms with Gasteiger partial charge < -0.3 is 4.42 Å². The molecule has 0 aliphatic rings. The summed E-state index contributed by atoms with van der Waals surface area (Å²) in [5.74, 6) is 2.24. The Balaban J connectivity index is 2.00. The van der Waals surface area contributed by atoms with E-state index in [1.807, 2.05) is 24.5 Å². The van der Waals surface area contributed by atoms with Crippen molar-refractivity contribution in [3.05, 3.63) is 47.9 Å². The highest BCUT2D eigenvalue weighted by Gasteiger charge is 2.14. The molecule has 1 unspecified atom stereocenters. The molecule has 0 saturated carbocycles. The van der Waals surface area contributed by atoms with Crippen LogP contribution in [0.5, 0.6) is 0 Å². The molecule has 0 aromatic carbocycles. The Hall–Kier alpha value is -1.68. The van der Waals surface area contributed by atoms with E-state index in [0.717, 1.165) is 23.7 Å². The van der Waals surface area contributed by atoms with Crippen LogP contribution in [0.15, 0.2) is 35.2 Å². The molecule has 0 radical (unpaired) electrons. The van der Waals surface area contributed by atoms with Crippen molar-refractivity contribution < 1.29 is 4.42 Å². The van der Waals surface area contributed by atoms with Crippen LogP contribution in [-0.2, 0) is 6.54 Å². The molecule has 4 nitrogen and oxygen atoms in total. The van der Waals surface area contributed by atoms with E-state index in [0.29, 0.717) is 5.92 Å². The maximum Gasteiger partial charge on any atom is 0.130 e. The van der Waals surface area contributed by atoms with E-state index >= 15 is 0 Å². The lowest BCUT2D eigenvalue weighted by atomic mass is 10.2. The van der Waals surface area contributed by atoms with Crippen LogP contribution in [0.2, 0.25) is 0 Å². The first kappa shape index (κ1) is 13.7. The number of hydrogen-bond donors (Lipinski definition) is 0. The van der Waals surface area contributed by atoms with E-state index in [1.165, 1.54) is 0 Å². The van der Waals surface area contributed by atoms with Gasteiger partial charge in [-0.15, -0.1) is 0 Å². The summed E-state index contributed by atoms with van der Waals surface area (Å²) < 4.78 is 5.43. The van der Waals surface area contributed by atoms with Crippen LogP contribution in [0, 0.1) is 0 Å². The molecule has 102 valence electrons. The Morgan fingerprint density at radius 3 is 2.42 bits per heavy atom. The van der Waals surface area contributed by atoms with E-state index in [1.54, 1.807) is 6.26 Å². The number of nitrogens with zero attached hydrogens (tertiary/aromatic N) is 3. The van der Waals surface area contributed by atoms with Crippen LogP contribution < -0.4 is 0 Å². The fourth-order valence-electron chi connectivity index (χ4n) is 1.92. The van der Waals surface area contributed by atoms with Crippen LogP contribution in [0.3, 0.4) is 0 Å². The SMILES string of the molecule is CC(C)c1ncc(CN(C)C(C)c2ccco2)cn1. The van der Waals surface area contributed by atoms with Crippen molar-refractivity contribution >= 4 is 0 Å². The summed E-state index contributed by atoms with van der Waals surface area (Å²) in [6.07, 6.45) is 5.53. The topological polar surface area (TPSA) is 42.2 Å². The Morgan fingerprint density at radius 1 is 1.21 bits per heavy atom. The van der Waals surface area contributed by atoms with Gasteiger partial charge in [0, 0.05) is 30.4 Å². The summed E-state index contributed by atoms with van der Waals surface area (Å²) >= 11 is 0. The van der Waals surface area contributed by atoms with E-state index in [2.05, 4.69) is 42.7 Å². The van der Waals surface area contributed by atoms with Crippen molar-refractivity contribution in [2.75, 3.05) is 7.05 Å². The largest absolute Gasteiger partial charge is 0.468 e. The Morgan fingerprint density at radius 2 is 1.89 bits per heavy atom. The molecule has 2 heterocycles. The maximum atomic E-state index is 5.43. The molecule has 0 aliphatic heterocycles. The summed E-state index contributed by atoms with van der Waals surface area (Å²) in [7, 11) is 2.07. The van der Waals surface area contributed by atoms with Crippen LogP contribution in [0.1, 0.15) is 49.9 Å². The molecule has 0 aliphatic carbocycles. The van der Waals surface area contributed by atoms with Crippen molar-refractivity contribution in [1.82, 2.24) is 14.9 Å². The lowest BCUT2D eigenvalue weighted by Crippen LogP contribution is -2.21. The minimum atomic E-state index is 0.236. The lowest BCUT2D eigenvalue weighted by molar-refractivity contribution is 0.223. The standard InChI is InChI=1S/C15H21N3O/c1-11(2)15-16-8-13(9-17-15)10-18(4)12(3)14-6-5-7-19-14/h5-9,11-12H,10H2,1-4H3. The molecular formula is C15H21N3O. The Kier molecular flexibility index (Phi) is 4.32. The van der Waals surface area contributed by atoms with Crippen molar-refractivity contribution in [2.24, 2.45) is 0 Å².